The van der Waals surface area contributed by atoms with Crippen molar-refractivity contribution in [2.45, 2.75) is 31.3 Å². The number of hydrogen-bond acceptors (Lipinski definition) is 2. The molecule has 0 fully saturated rings. The smallest absolute Gasteiger partial charge is 0.123 e. The van der Waals surface area contributed by atoms with Gasteiger partial charge in [-0.1, -0.05) is 0 Å². The van der Waals surface area contributed by atoms with Gasteiger partial charge in [0.15, 0.2) is 0 Å². The highest BCUT2D eigenvalue weighted by Crippen LogP contribution is 2.19. The second kappa shape index (κ2) is 4.75. The van der Waals surface area contributed by atoms with Crippen LogP contribution in [0.3, 0.4) is 0 Å². The molecule has 1 rings (SSSR count). The molecule has 16 heavy (non-hydrogen) atoms. The molecule has 0 aliphatic heterocycles. The van der Waals surface area contributed by atoms with Gasteiger partial charge in [-0.25, -0.2) is 4.39 Å². The summed E-state index contributed by atoms with van der Waals surface area (Å²) in [5.74, 6) is -0.190. The number of nitrogens with zero attached hydrogens (tertiary/aromatic N) is 1. The molecule has 0 aromatic heterocycles. The Bertz CT molecular complexity index is 457. The SMILES string of the molecule is CC(C)(C)S(=O)Cc1cc(F)ccc1C#N. The van der Waals surface area contributed by atoms with E-state index in [2.05, 4.69) is 0 Å². The standard InChI is InChI=1S/C12H14FNOS/c1-12(2,3)16(15)8-10-6-11(13)5-4-9(10)7-14/h4-6H,8H2,1-3H3. The summed E-state index contributed by atoms with van der Waals surface area (Å²) in [4.78, 5) is 0. The van der Waals surface area contributed by atoms with E-state index in [0.717, 1.165) is 0 Å². The fourth-order valence-electron chi connectivity index (χ4n) is 1.15. The van der Waals surface area contributed by atoms with Crippen LogP contribution in [0.25, 0.3) is 0 Å². The topological polar surface area (TPSA) is 40.9 Å². The molecule has 0 spiro atoms. The van der Waals surface area contributed by atoms with Crippen LogP contribution in [-0.4, -0.2) is 8.96 Å². The fraction of sp³-hybridized carbons (Fsp3) is 0.417. The Hall–Kier alpha value is -1.21. The van der Waals surface area contributed by atoms with E-state index in [1.807, 2.05) is 26.8 Å². The van der Waals surface area contributed by atoms with E-state index in [-0.39, 0.29) is 10.5 Å². The van der Waals surface area contributed by atoms with Crippen molar-refractivity contribution in [3.05, 3.63) is 35.1 Å². The van der Waals surface area contributed by atoms with Crippen LogP contribution < -0.4 is 0 Å². The first-order chi connectivity index (χ1) is 7.34. The van der Waals surface area contributed by atoms with Gasteiger partial charge in [0, 0.05) is 15.5 Å². The van der Waals surface area contributed by atoms with Crippen LogP contribution >= 0.6 is 0 Å². The molecule has 1 aromatic rings. The van der Waals surface area contributed by atoms with Crippen LogP contribution in [0.4, 0.5) is 4.39 Å². The van der Waals surface area contributed by atoms with E-state index in [1.165, 1.54) is 18.2 Å². The van der Waals surface area contributed by atoms with Gasteiger partial charge in [-0.05, 0) is 44.5 Å². The molecule has 0 N–H and O–H groups in total. The van der Waals surface area contributed by atoms with Crippen molar-refractivity contribution in [3.8, 4) is 6.07 Å². The Kier molecular flexibility index (Phi) is 3.82. The summed E-state index contributed by atoms with van der Waals surface area (Å²) < 4.78 is 24.6. The molecule has 1 aromatic carbocycles. The Balaban J connectivity index is 3.02. The molecule has 0 saturated heterocycles. The van der Waals surface area contributed by atoms with Crippen LogP contribution in [0.5, 0.6) is 0 Å². The summed E-state index contributed by atoms with van der Waals surface area (Å²) in [6.45, 7) is 5.57. The lowest BCUT2D eigenvalue weighted by atomic mass is 10.1. The summed E-state index contributed by atoms with van der Waals surface area (Å²) in [5.41, 5.74) is 0.898. The first-order valence-corrected chi connectivity index (χ1v) is 6.23. The molecular formula is C12H14FNOS. The van der Waals surface area contributed by atoms with Crippen molar-refractivity contribution in [3.63, 3.8) is 0 Å². The molecule has 4 heteroatoms. The van der Waals surface area contributed by atoms with Crippen molar-refractivity contribution >= 4 is 10.8 Å². The molecule has 0 radical (unpaired) electrons. The molecule has 0 saturated carbocycles. The first kappa shape index (κ1) is 12.9. The van der Waals surface area contributed by atoms with Crippen molar-refractivity contribution in [1.82, 2.24) is 0 Å². The lowest BCUT2D eigenvalue weighted by Gasteiger charge is -2.18. The molecule has 0 amide bonds. The maximum absolute atomic E-state index is 13.0. The Morgan fingerprint density at radius 1 is 1.44 bits per heavy atom. The van der Waals surface area contributed by atoms with Crippen LogP contribution in [0.1, 0.15) is 31.9 Å². The third kappa shape index (κ3) is 3.14. The van der Waals surface area contributed by atoms with Gasteiger partial charge in [0.1, 0.15) is 5.82 Å². The van der Waals surface area contributed by atoms with E-state index in [9.17, 15) is 8.60 Å². The van der Waals surface area contributed by atoms with Gasteiger partial charge in [-0.3, -0.25) is 4.21 Å². The van der Waals surface area contributed by atoms with Crippen molar-refractivity contribution in [2.75, 3.05) is 0 Å². The molecule has 0 aliphatic rings. The highest BCUT2D eigenvalue weighted by molar-refractivity contribution is 7.85. The van der Waals surface area contributed by atoms with Crippen LogP contribution in [0, 0.1) is 17.1 Å². The maximum atomic E-state index is 13.0. The van der Waals surface area contributed by atoms with Gasteiger partial charge in [0.05, 0.1) is 17.4 Å². The van der Waals surface area contributed by atoms with Crippen LogP contribution in [0.2, 0.25) is 0 Å². The predicted molar refractivity (Wildman–Crippen MR) is 62.7 cm³/mol. The predicted octanol–water partition coefficient (Wildman–Crippen LogP) is 2.74. The lowest BCUT2D eigenvalue weighted by molar-refractivity contribution is 0.625. The number of benzene rings is 1. The van der Waals surface area contributed by atoms with Gasteiger partial charge in [-0.2, -0.15) is 5.26 Å². The van der Waals surface area contributed by atoms with E-state index < -0.39 is 16.6 Å². The van der Waals surface area contributed by atoms with E-state index in [4.69, 9.17) is 5.26 Å². The Labute approximate surface area is 97.6 Å². The number of nitriles is 1. The zero-order valence-corrected chi connectivity index (χ0v) is 10.4. The summed E-state index contributed by atoms with van der Waals surface area (Å²) in [6, 6.07) is 5.92. The zero-order valence-electron chi connectivity index (χ0n) is 9.58. The minimum Gasteiger partial charge on any atom is -0.259 e. The normalized spacial score (nSPS) is 13.2. The molecular weight excluding hydrogens is 225 g/mol. The number of rotatable bonds is 2. The molecule has 0 heterocycles. The summed E-state index contributed by atoms with van der Waals surface area (Å²) in [6.07, 6.45) is 0. The summed E-state index contributed by atoms with van der Waals surface area (Å²) >= 11 is 0. The number of halogens is 1. The first-order valence-electron chi connectivity index (χ1n) is 4.91. The summed E-state index contributed by atoms with van der Waals surface area (Å²) in [7, 11) is -1.13. The minimum atomic E-state index is -1.13. The van der Waals surface area contributed by atoms with Gasteiger partial charge < -0.3 is 0 Å². The molecule has 0 aliphatic carbocycles. The van der Waals surface area contributed by atoms with Gasteiger partial charge >= 0.3 is 0 Å². The molecule has 1 unspecified atom stereocenters. The highest BCUT2D eigenvalue weighted by atomic mass is 32.2. The van der Waals surface area contributed by atoms with E-state index in [1.54, 1.807) is 0 Å². The third-order valence-corrected chi connectivity index (χ3v) is 4.10. The maximum Gasteiger partial charge on any atom is 0.123 e. The average molecular weight is 239 g/mol. The minimum absolute atomic E-state index is 0.212. The van der Waals surface area contributed by atoms with Crippen molar-refractivity contribution in [2.24, 2.45) is 0 Å². The quantitative estimate of drug-likeness (QED) is 0.796. The van der Waals surface area contributed by atoms with E-state index in [0.29, 0.717) is 11.1 Å². The Morgan fingerprint density at radius 3 is 2.56 bits per heavy atom. The van der Waals surface area contributed by atoms with Crippen LogP contribution in [0.15, 0.2) is 18.2 Å². The fourth-order valence-corrected chi connectivity index (χ4v) is 2.10. The molecule has 86 valence electrons. The highest BCUT2D eigenvalue weighted by Gasteiger charge is 2.20. The van der Waals surface area contributed by atoms with Crippen molar-refractivity contribution in [1.29, 1.82) is 5.26 Å². The van der Waals surface area contributed by atoms with Crippen LogP contribution in [-0.2, 0) is 16.6 Å². The molecule has 1 atom stereocenters. The molecule has 2 nitrogen and oxygen atoms in total. The van der Waals surface area contributed by atoms with E-state index >= 15 is 0 Å². The van der Waals surface area contributed by atoms with Crippen molar-refractivity contribution < 1.29 is 8.60 Å². The third-order valence-electron chi connectivity index (χ3n) is 2.16. The average Bonchev–Trinajstić information content (AvgIpc) is 2.16. The monoisotopic (exact) mass is 239 g/mol. The van der Waals surface area contributed by atoms with Gasteiger partial charge in [0.25, 0.3) is 0 Å². The summed E-state index contributed by atoms with van der Waals surface area (Å²) in [5, 5.41) is 8.85. The van der Waals surface area contributed by atoms with Gasteiger partial charge in [0.2, 0.25) is 0 Å². The number of hydrogen-bond donors (Lipinski definition) is 0. The second-order valence-corrected chi connectivity index (χ2v) is 6.72. The van der Waals surface area contributed by atoms with Gasteiger partial charge in [-0.15, -0.1) is 0 Å². The lowest BCUT2D eigenvalue weighted by Crippen LogP contribution is -2.23. The zero-order chi connectivity index (χ0) is 12.3. The Morgan fingerprint density at radius 2 is 2.06 bits per heavy atom. The molecule has 0 bridgehead atoms. The second-order valence-electron chi connectivity index (χ2n) is 4.52. The largest absolute Gasteiger partial charge is 0.259 e.